The van der Waals surface area contributed by atoms with Gasteiger partial charge in [0.25, 0.3) is 0 Å². The second kappa shape index (κ2) is 6.85. The minimum absolute atomic E-state index is 0.0741. The molecule has 0 saturated carbocycles. The Morgan fingerprint density at radius 3 is 2.50 bits per heavy atom. The van der Waals surface area contributed by atoms with Gasteiger partial charge in [-0.2, -0.15) is 0 Å². The van der Waals surface area contributed by atoms with Crippen molar-refractivity contribution in [1.82, 2.24) is 14.7 Å². The molecule has 3 heterocycles. The van der Waals surface area contributed by atoms with Crippen molar-refractivity contribution in [3.05, 3.63) is 35.9 Å². The molecule has 24 heavy (non-hydrogen) atoms. The van der Waals surface area contributed by atoms with Crippen molar-refractivity contribution in [3.8, 4) is 0 Å². The number of carbonyl (C=O) groups excluding carboxylic acids is 1. The van der Waals surface area contributed by atoms with Gasteiger partial charge in [-0.05, 0) is 51.3 Å². The summed E-state index contributed by atoms with van der Waals surface area (Å²) in [5.41, 5.74) is 1.40. The molecule has 1 amide bonds. The van der Waals surface area contributed by atoms with Crippen LogP contribution in [0.5, 0.6) is 0 Å². The summed E-state index contributed by atoms with van der Waals surface area (Å²) in [5.74, 6) is 0.371. The molecular weight excluding hydrogens is 298 g/mol. The summed E-state index contributed by atoms with van der Waals surface area (Å²) < 4.78 is 0. The van der Waals surface area contributed by atoms with E-state index < -0.39 is 0 Å². The summed E-state index contributed by atoms with van der Waals surface area (Å²) in [4.78, 5) is 19.9. The zero-order chi connectivity index (χ0) is 16.5. The lowest BCUT2D eigenvalue weighted by molar-refractivity contribution is -0.145. The Morgan fingerprint density at radius 1 is 1.00 bits per heavy atom. The van der Waals surface area contributed by atoms with Crippen LogP contribution in [-0.2, 0) is 11.3 Å². The van der Waals surface area contributed by atoms with Crippen LogP contribution in [-0.4, -0.2) is 64.9 Å². The predicted molar refractivity (Wildman–Crippen MR) is 95.6 cm³/mol. The Labute approximate surface area is 145 Å². The largest absolute Gasteiger partial charge is 0.337 e. The number of amides is 1. The van der Waals surface area contributed by atoms with Gasteiger partial charge in [-0.15, -0.1) is 0 Å². The lowest BCUT2D eigenvalue weighted by Gasteiger charge is -2.47. The molecule has 0 aliphatic carbocycles. The maximum atomic E-state index is 12.6. The first-order chi connectivity index (χ1) is 11.7. The van der Waals surface area contributed by atoms with E-state index in [1.807, 2.05) is 0 Å². The topological polar surface area (TPSA) is 26.8 Å². The molecule has 0 aromatic heterocycles. The number of fused-ring (bicyclic) bond motifs is 1. The zero-order valence-electron chi connectivity index (χ0n) is 14.7. The maximum absolute atomic E-state index is 12.6. The van der Waals surface area contributed by atoms with Crippen molar-refractivity contribution in [1.29, 1.82) is 0 Å². The predicted octanol–water partition coefficient (Wildman–Crippen LogP) is 2.35. The highest BCUT2D eigenvalue weighted by Crippen LogP contribution is 2.30. The van der Waals surface area contributed by atoms with Crippen molar-refractivity contribution in [2.75, 3.05) is 26.2 Å². The van der Waals surface area contributed by atoms with Crippen molar-refractivity contribution in [2.45, 2.75) is 57.3 Å². The van der Waals surface area contributed by atoms with Crippen LogP contribution in [0.25, 0.3) is 0 Å². The molecular formula is C20H29N3O. The monoisotopic (exact) mass is 327 g/mol. The first-order valence-corrected chi connectivity index (χ1v) is 9.55. The molecule has 3 aliphatic heterocycles. The van der Waals surface area contributed by atoms with Crippen molar-refractivity contribution < 1.29 is 4.79 Å². The van der Waals surface area contributed by atoms with E-state index in [2.05, 4.69) is 52.0 Å². The van der Waals surface area contributed by atoms with Crippen molar-refractivity contribution in [3.63, 3.8) is 0 Å². The van der Waals surface area contributed by atoms with Gasteiger partial charge in [0.1, 0.15) is 0 Å². The summed E-state index contributed by atoms with van der Waals surface area (Å²) in [5, 5.41) is 0. The third-order valence-corrected chi connectivity index (χ3v) is 6.21. The highest BCUT2D eigenvalue weighted by atomic mass is 16.2. The number of carbonyl (C=O) groups is 1. The SMILES string of the molecule is C[C@H]1C(=O)N2CCC[C@H]2CN1C1CCN(Cc2ccccc2)CC1. The molecule has 130 valence electrons. The molecule has 1 aromatic carbocycles. The average Bonchev–Trinajstić information content (AvgIpc) is 3.09. The smallest absolute Gasteiger partial charge is 0.239 e. The van der Waals surface area contributed by atoms with E-state index in [0.29, 0.717) is 18.0 Å². The van der Waals surface area contributed by atoms with Gasteiger partial charge >= 0.3 is 0 Å². The molecule has 0 spiro atoms. The summed E-state index contributed by atoms with van der Waals surface area (Å²) in [7, 11) is 0. The maximum Gasteiger partial charge on any atom is 0.239 e. The van der Waals surface area contributed by atoms with Gasteiger partial charge in [0.05, 0.1) is 6.04 Å². The quantitative estimate of drug-likeness (QED) is 0.853. The molecule has 0 bridgehead atoms. The molecule has 0 unspecified atom stereocenters. The van der Waals surface area contributed by atoms with Gasteiger partial charge in [0.2, 0.25) is 5.91 Å². The Morgan fingerprint density at radius 2 is 1.75 bits per heavy atom. The third kappa shape index (κ3) is 3.09. The molecule has 3 aliphatic rings. The summed E-state index contributed by atoms with van der Waals surface area (Å²) in [6, 6.07) is 11.9. The fraction of sp³-hybridized carbons (Fsp3) is 0.650. The van der Waals surface area contributed by atoms with Gasteiger partial charge in [0.15, 0.2) is 0 Å². The third-order valence-electron chi connectivity index (χ3n) is 6.21. The van der Waals surface area contributed by atoms with Crippen molar-refractivity contribution in [2.24, 2.45) is 0 Å². The number of nitrogens with zero attached hydrogens (tertiary/aromatic N) is 3. The van der Waals surface area contributed by atoms with Crippen molar-refractivity contribution >= 4 is 5.91 Å². The number of likely N-dealkylation sites (tertiary alicyclic amines) is 1. The lowest BCUT2D eigenvalue weighted by Crippen LogP contribution is -2.62. The molecule has 4 rings (SSSR count). The first-order valence-electron chi connectivity index (χ1n) is 9.55. The lowest BCUT2D eigenvalue weighted by atomic mass is 9.97. The molecule has 1 aromatic rings. The Hall–Kier alpha value is -1.39. The fourth-order valence-electron chi connectivity index (χ4n) is 4.81. The molecule has 2 atom stereocenters. The van der Waals surface area contributed by atoms with Crippen LogP contribution in [0.1, 0.15) is 38.2 Å². The number of hydrogen-bond acceptors (Lipinski definition) is 3. The van der Waals surface area contributed by atoms with Crippen LogP contribution >= 0.6 is 0 Å². The van der Waals surface area contributed by atoms with E-state index in [1.165, 1.54) is 31.2 Å². The van der Waals surface area contributed by atoms with Crippen LogP contribution in [0.4, 0.5) is 0 Å². The minimum Gasteiger partial charge on any atom is -0.337 e. The van der Waals surface area contributed by atoms with Gasteiger partial charge < -0.3 is 4.90 Å². The molecule has 0 radical (unpaired) electrons. The zero-order valence-corrected chi connectivity index (χ0v) is 14.7. The Kier molecular flexibility index (Phi) is 4.59. The number of piperazine rings is 1. The summed E-state index contributed by atoms with van der Waals surface area (Å²) >= 11 is 0. The van der Waals surface area contributed by atoms with Crippen LogP contribution in [0.3, 0.4) is 0 Å². The van der Waals surface area contributed by atoms with E-state index in [4.69, 9.17) is 0 Å². The van der Waals surface area contributed by atoms with Crippen LogP contribution in [0.2, 0.25) is 0 Å². The van der Waals surface area contributed by atoms with Gasteiger partial charge in [-0.1, -0.05) is 30.3 Å². The van der Waals surface area contributed by atoms with Crippen LogP contribution in [0.15, 0.2) is 30.3 Å². The summed E-state index contributed by atoms with van der Waals surface area (Å²) in [6.07, 6.45) is 4.77. The Bertz CT molecular complexity index is 568. The molecule has 0 N–H and O–H groups in total. The first kappa shape index (κ1) is 16.1. The van der Waals surface area contributed by atoms with Crippen LogP contribution < -0.4 is 0 Å². The number of hydrogen-bond donors (Lipinski definition) is 0. The van der Waals surface area contributed by atoms with E-state index in [9.17, 15) is 4.79 Å². The highest BCUT2D eigenvalue weighted by molar-refractivity contribution is 5.83. The normalized spacial score (nSPS) is 29.9. The Balaban J connectivity index is 1.34. The van der Waals surface area contributed by atoms with Gasteiger partial charge in [-0.25, -0.2) is 0 Å². The molecule has 3 saturated heterocycles. The second-order valence-electron chi connectivity index (χ2n) is 7.69. The summed E-state index contributed by atoms with van der Waals surface area (Å²) in [6.45, 7) is 7.54. The van der Waals surface area contributed by atoms with E-state index in [0.717, 1.165) is 32.7 Å². The molecule has 4 heteroatoms. The van der Waals surface area contributed by atoms with Gasteiger partial charge in [0, 0.05) is 31.7 Å². The van der Waals surface area contributed by atoms with Crippen LogP contribution in [0, 0.1) is 0 Å². The minimum atomic E-state index is 0.0741. The number of rotatable bonds is 3. The van der Waals surface area contributed by atoms with E-state index in [-0.39, 0.29) is 6.04 Å². The average molecular weight is 327 g/mol. The highest BCUT2D eigenvalue weighted by Gasteiger charge is 2.42. The fourth-order valence-corrected chi connectivity index (χ4v) is 4.81. The van der Waals surface area contributed by atoms with Gasteiger partial charge in [-0.3, -0.25) is 14.6 Å². The number of benzene rings is 1. The van der Waals surface area contributed by atoms with E-state index >= 15 is 0 Å². The molecule has 4 nitrogen and oxygen atoms in total. The standard InChI is InChI=1S/C20H29N3O/c1-16-20(24)22-11-5-8-19(22)15-23(16)18-9-12-21(13-10-18)14-17-6-3-2-4-7-17/h2-4,6-7,16,18-19H,5,8-15H2,1H3/t16-,19-/m0/s1. The molecule has 3 fully saturated rings. The van der Waals surface area contributed by atoms with E-state index in [1.54, 1.807) is 0 Å². The number of piperidine rings is 1. The second-order valence-corrected chi connectivity index (χ2v) is 7.69.